The van der Waals surface area contributed by atoms with Crippen LogP contribution in [0.5, 0.6) is 0 Å². The van der Waals surface area contributed by atoms with Gasteiger partial charge in [-0.05, 0) is 68.3 Å². The Morgan fingerprint density at radius 3 is 2.52 bits per heavy atom. The number of likely N-dealkylation sites (tertiary alicyclic amines) is 1. The summed E-state index contributed by atoms with van der Waals surface area (Å²) in [6.07, 6.45) is 4.36. The van der Waals surface area contributed by atoms with Crippen molar-refractivity contribution in [3.63, 3.8) is 0 Å². The van der Waals surface area contributed by atoms with Crippen molar-refractivity contribution in [3.05, 3.63) is 70.0 Å². The van der Waals surface area contributed by atoms with Gasteiger partial charge in [-0.15, -0.1) is 0 Å². The maximum absolute atomic E-state index is 14.1. The lowest BCUT2D eigenvalue weighted by Crippen LogP contribution is -2.44. The van der Waals surface area contributed by atoms with E-state index in [-0.39, 0.29) is 11.7 Å². The summed E-state index contributed by atoms with van der Waals surface area (Å²) in [5.41, 5.74) is 3.74. The van der Waals surface area contributed by atoms with Crippen molar-refractivity contribution in [2.75, 3.05) is 51.2 Å². The molecule has 0 aromatic heterocycles. The van der Waals surface area contributed by atoms with Gasteiger partial charge in [-0.3, -0.25) is 4.79 Å². The standard InChI is InChI=1S/C25H29ClFN3O/c1-28-13-15-29(16-14-28)24-9-8-23(27)18-21(24)17-20-3-2-11-30(25(20)31)12-10-19-4-6-22(26)7-5-19/h4-9,17-18H,2-3,10-16H2,1H3. The van der Waals surface area contributed by atoms with E-state index in [0.717, 1.165) is 74.4 Å². The fourth-order valence-electron chi connectivity index (χ4n) is 4.30. The number of halogens is 2. The average molecular weight is 442 g/mol. The van der Waals surface area contributed by atoms with Crippen LogP contribution in [0.1, 0.15) is 24.0 Å². The third-order valence-electron chi connectivity index (χ3n) is 6.18. The average Bonchev–Trinajstić information content (AvgIpc) is 2.76. The van der Waals surface area contributed by atoms with Crippen LogP contribution in [0.2, 0.25) is 5.02 Å². The monoisotopic (exact) mass is 441 g/mol. The molecule has 2 aliphatic rings. The Bertz CT molecular complexity index is 952. The first-order valence-corrected chi connectivity index (χ1v) is 11.3. The molecule has 0 unspecified atom stereocenters. The zero-order chi connectivity index (χ0) is 21.8. The third-order valence-corrected chi connectivity index (χ3v) is 6.43. The highest BCUT2D eigenvalue weighted by Crippen LogP contribution is 2.28. The molecule has 2 saturated heterocycles. The van der Waals surface area contributed by atoms with E-state index in [0.29, 0.717) is 11.6 Å². The van der Waals surface area contributed by atoms with Crippen molar-refractivity contribution in [3.8, 4) is 0 Å². The molecule has 164 valence electrons. The molecule has 6 heteroatoms. The predicted octanol–water partition coefficient (Wildman–Crippen LogP) is 4.48. The van der Waals surface area contributed by atoms with Gasteiger partial charge in [-0.1, -0.05) is 23.7 Å². The van der Waals surface area contributed by atoms with Gasteiger partial charge in [0, 0.05) is 61.1 Å². The normalized spacial score (nSPS) is 19.3. The number of anilines is 1. The van der Waals surface area contributed by atoms with Crippen molar-refractivity contribution in [1.82, 2.24) is 9.80 Å². The van der Waals surface area contributed by atoms with Crippen LogP contribution in [-0.2, 0) is 11.2 Å². The Morgan fingerprint density at radius 2 is 1.77 bits per heavy atom. The first-order valence-electron chi connectivity index (χ1n) is 11.0. The van der Waals surface area contributed by atoms with Gasteiger partial charge in [0.25, 0.3) is 0 Å². The highest BCUT2D eigenvalue weighted by molar-refractivity contribution is 6.30. The number of benzene rings is 2. The number of likely N-dealkylation sites (N-methyl/N-ethyl adjacent to an activating group) is 1. The summed E-state index contributed by atoms with van der Waals surface area (Å²) >= 11 is 5.96. The first-order chi connectivity index (χ1) is 15.0. The second kappa shape index (κ2) is 9.84. The summed E-state index contributed by atoms with van der Waals surface area (Å²) in [6.45, 7) is 5.19. The van der Waals surface area contributed by atoms with Crippen LogP contribution in [0.4, 0.5) is 10.1 Å². The number of amides is 1. The highest BCUT2D eigenvalue weighted by Gasteiger charge is 2.24. The molecule has 0 spiro atoms. The molecule has 2 aromatic carbocycles. The second-order valence-corrected chi connectivity index (χ2v) is 8.87. The second-order valence-electron chi connectivity index (χ2n) is 8.44. The Balaban J connectivity index is 1.50. The highest BCUT2D eigenvalue weighted by atomic mass is 35.5. The molecule has 0 N–H and O–H groups in total. The van der Waals surface area contributed by atoms with Gasteiger partial charge < -0.3 is 14.7 Å². The smallest absolute Gasteiger partial charge is 0.249 e. The number of carbonyl (C=O) groups excluding carboxylic acids is 1. The number of piperazine rings is 1. The van der Waals surface area contributed by atoms with Crippen LogP contribution in [-0.4, -0.2) is 62.0 Å². The van der Waals surface area contributed by atoms with Gasteiger partial charge in [-0.25, -0.2) is 4.39 Å². The molecule has 2 aliphatic heterocycles. The summed E-state index contributed by atoms with van der Waals surface area (Å²) in [5, 5.41) is 0.717. The zero-order valence-electron chi connectivity index (χ0n) is 18.0. The summed E-state index contributed by atoms with van der Waals surface area (Å²) in [5.74, 6) is -0.207. The summed E-state index contributed by atoms with van der Waals surface area (Å²) in [6, 6.07) is 12.7. The van der Waals surface area contributed by atoms with E-state index in [1.54, 1.807) is 6.07 Å². The van der Waals surface area contributed by atoms with Gasteiger partial charge in [-0.2, -0.15) is 0 Å². The molecule has 31 heavy (non-hydrogen) atoms. The van der Waals surface area contributed by atoms with Gasteiger partial charge in [0.05, 0.1) is 0 Å². The molecular formula is C25H29ClFN3O. The molecule has 0 atom stereocenters. The lowest BCUT2D eigenvalue weighted by atomic mass is 9.99. The minimum atomic E-state index is -0.271. The number of hydrogen-bond acceptors (Lipinski definition) is 3. The molecule has 0 radical (unpaired) electrons. The Labute approximate surface area is 188 Å². The van der Waals surface area contributed by atoms with E-state index in [1.165, 1.54) is 6.07 Å². The molecule has 4 nitrogen and oxygen atoms in total. The van der Waals surface area contributed by atoms with Crippen LogP contribution in [0.25, 0.3) is 6.08 Å². The van der Waals surface area contributed by atoms with Gasteiger partial charge in [0.2, 0.25) is 5.91 Å². The molecule has 4 rings (SSSR count). The van der Waals surface area contributed by atoms with E-state index in [1.807, 2.05) is 41.3 Å². The minimum Gasteiger partial charge on any atom is -0.368 e. The van der Waals surface area contributed by atoms with Crippen molar-refractivity contribution < 1.29 is 9.18 Å². The first kappa shape index (κ1) is 21.8. The Hall–Kier alpha value is -2.37. The number of hydrogen-bond donors (Lipinski definition) is 0. The van der Waals surface area contributed by atoms with Crippen molar-refractivity contribution in [1.29, 1.82) is 0 Å². The third kappa shape index (κ3) is 5.46. The van der Waals surface area contributed by atoms with Gasteiger partial charge in [0.1, 0.15) is 5.82 Å². The van der Waals surface area contributed by atoms with Crippen molar-refractivity contribution in [2.45, 2.75) is 19.3 Å². The molecule has 0 bridgehead atoms. The summed E-state index contributed by atoms with van der Waals surface area (Å²) < 4.78 is 14.1. The van der Waals surface area contributed by atoms with E-state index >= 15 is 0 Å². The van der Waals surface area contributed by atoms with Gasteiger partial charge in [0.15, 0.2) is 0 Å². The molecule has 1 amide bonds. The van der Waals surface area contributed by atoms with Gasteiger partial charge >= 0.3 is 0 Å². The number of carbonyl (C=O) groups is 1. The summed E-state index contributed by atoms with van der Waals surface area (Å²) in [4.78, 5) is 19.6. The van der Waals surface area contributed by atoms with E-state index in [9.17, 15) is 9.18 Å². The van der Waals surface area contributed by atoms with Crippen LogP contribution in [0.15, 0.2) is 48.0 Å². The van der Waals surface area contributed by atoms with Crippen LogP contribution in [0.3, 0.4) is 0 Å². The zero-order valence-corrected chi connectivity index (χ0v) is 18.7. The number of nitrogens with zero attached hydrogens (tertiary/aromatic N) is 3. The molecule has 2 heterocycles. The summed E-state index contributed by atoms with van der Waals surface area (Å²) in [7, 11) is 2.12. The Kier molecular flexibility index (Phi) is 6.93. The topological polar surface area (TPSA) is 26.8 Å². The van der Waals surface area contributed by atoms with Crippen LogP contribution >= 0.6 is 11.6 Å². The van der Waals surface area contributed by atoms with Crippen molar-refractivity contribution >= 4 is 29.3 Å². The quantitative estimate of drug-likeness (QED) is 0.640. The lowest BCUT2D eigenvalue weighted by Gasteiger charge is -2.35. The minimum absolute atomic E-state index is 0.0637. The van der Waals surface area contributed by atoms with E-state index in [2.05, 4.69) is 16.8 Å². The molecule has 2 fully saturated rings. The van der Waals surface area contributed by atoms with Crippen molar-refractivity contribution in [2.24, 2.45) is 0 Å². The number of piperidine rings is 1. The van der Waals surface area contributed by atoms with Crippen LogP contribution in [0, 0.1) is 5.82 Å². The van der Waals surface area contributed by atoms with E-state index in [4.69, 9.17) is 11.6 Å². The number of rotatable bonds is 5. The molecule has 0 aliphatic carbocycles. The fraction of sp³-hybridized carbons (Fsp3) is 0.400. The predicted molar refractivity (Wildman–Crippen MR) is 125 cm³/mol. The van der Waals surface area contributed by atoms with Crippen LogP contribution < -0.4 is 4.90 Å². The molecule has 0 saturated carbocycles. The lowest BCUT2D eigenvalue weighted by molar-refractivity contribution is -0.128. The molecule has 2 aromatic rings. The maximum atomic E-state index is 14.1. The maximum Gasteiger partial charge on any atom is 0.249 e. The Morgan fingerprint density at radius 1 is 1.03 bits per heavy atom. The fourth-order valence-corrected chi connectivity index (χ4v) is 4.42. The SMILES string of the molecule is CN1CCN(c2ccc(F)cc2C=C2CCCN(CCc3ccc(Cl)cc3)C2=O)CC1. The largest absolute Gasteiger partial charge is 0.368 e. The van der Waals surface area contributed by atoms with E-state index < -0.39 is 0 Å². The molecular weight excluding hydrogens is 413 g/mol.